The molecule has 2 atom stereocenters. The van der Waals surface area contributed by atoms with Gasteiger partial charge >= 0.3 is 0 Å². The number of ether oxygens (including phenoxy) is 1. The summed E-state index contributed by atoms with van der Waals surface area (Å²) in [7, 11) is 1.63. The Morgan fingerprint density at radius 3 is 2.67 bits per heavy atom. The fraction of sp³-hybridized carbons (Fsp3) is 0.688. The van der Waals surface area contributed by atoms with Crippen LogP contribution in [0.5, 0.6) is 0 Å². The molecular formula is C16H29N3O2. The van der Waals surface area contributed by atoms with Crippen molar-refractivity contribution in [2.24, 2.45) is 5.92 Å². The summed E-state index contributed by atoms with van der Waals surface area (Å²) in [5.41, 5.74) is 1.23. The SMILES string of the molecule is CCNC(c1ccn(CC(=O)NC(C)COC)c1)C(C)C. The maximum atomic E-state index is 11.9. The van der Waals surface area contributed by atoms with Crippen molar-refractivity contribution in [3.05, 3.63) is 24.0 Å². The highest BCUT2D eigenvalue weighted by Crippen LogP contribution is 2.21. The van der Waals surface area contributed by atoms with Gasteiger partial charge in [0.2, 0.25) is 5.91 Å². The normalized spacial score (nSPS) is 14.2. The van der Waals surface area contributed by atoms with Crippen molar-refractivity contribution in [1.82, 2.24) is 15.2 Å². The molecule has 1 amide bonds. The molecule has 0 radical (unpaired) electrons. The van der Waals surface area contributed by atoms with E-state index < -0.39 is 0 Å². The van der Waals surface area contributed by atoms with Crippen molar-refractivity contribution in [2.45, 2.75) is 46.3 Å². The first kappa shape index (κ1) is 17.7. The van der Waals surface area contributed by atoms with Crippen LogP contribution in [0.2, 0.25) is 0 Å². The van der Waals surface area contributed by atoms with E-state index in [1.54, 1.807) is 7.11 Å². The Balaban J connectivity index is 2.60. The molecule has 5 nitrogen and oxygen atoms in total. The van der Waals surface area contributed by atoms with Crippen molar-refractivity contribution in [3.8, 4) is 0 Å². The van der Waals surface area contributed by atoms with Crippen molar-refractivity contribution >= 4 is 5.91 Å². The van der Waals surface area contributed by atoms with Gasteiger partial charge in [-0.1, -0.05) is 20.8 Å². The zero-order valence-corrected chi connectivity index (χ0v) is 13.8. The number of rotatable bonds is 9. The summed E-state index contributed by atoms with van der Waals surface area (Å²) in [4.78, 5) is 11.9. The molecule has 0 saturated carbocycles. The highest BCUT2D eigenvalue weighted by atomic mass is 16.5. The molecule has 0 aromatic carbocycles. The molecule has 120 valence electrons. The van der Waals surface area contributed by atoms with Crippen LogP contribution in [0.25, 0.3) is 0 Å². The standard InChI is InChI=1S/C16H29N3O2/c1-6-17-16(12(2)3)14-7-8-19(9-14)10-15(20)18-13(4)11-21-5/h7-9,12-13,16-17H,6,10-11H2,1-5H3,(H,18,20). The van der Waals surface area contributed by atoms with Crippen molar-refractivity contribution in [1.29, 1.82) is 0 Å². The molecule has 0 spiro atoms. The van der Waals surface area contributed by atoms with Gasteiger partial charge in [-0.2, -0.15) is 0 Å². The third kappa shape index (κ3) is 5.89. The molecule has 0 aliphatic rings. The number of methoxy groups -OCH3 is 1. The quantitative estimate of drug-likeness (QED) is 0.732. The smallest absolute Gasteiger partial charge is 0.240 e. The number of carbonyl (C=O) groups is 1. The van der Waals surface area contributed by atoms with E-state index in [4.69, 9.17) is 4.74 Å². The molecule has 5 heteroatoms. The zero-order valence-electron chi connectivity index (χ0n) is 13.8. The van der Waals surface area contributed by atoms with E-state index in [0.717, 1.165) is 6.54 Å². The summed E-state index contributed by atoms with van der Waals surface area (Å²) in [5.74, 6) is 0.516. The molecule has 21 heavy (non-hydrogen) atoms. The van der Waals surface area contributed by atoms with Gasteiger partial charge < -0.3 is 19.9 Å². The Bertz CT molecular complexity index is 429. The summed E-state index contributed by atoms with van der Waals surface area (Å²) >= 11 is 0. The molecule has 2 N–H and O–H groups in total. The van der Waals surface area contributed by atoms with Gasteiger partial charge in [0.15, 0.2) is 0 Å². The maximum absolute atomic E-state index is 11.9. The van der Waals surface area contributed by atoms with Gasteiger partial charge in [0.05, 0.1) is 6.61 Å². The minimum Gasteiger partial charge on any atom is -0.383 e. The fourth-order valence-corrected chi connectivity index (χ4v) is 2.48. The van der Waals surface area contributed by atoms with Crippen molar-refractivity contribution < 1.29 is 9.53 Å². The minimum atomic E-state index is 0.00578. The van der Waals surface area contributed by atoms with Gasteiger partial charge in [0.1, 0.15) is 6.54 Å². The van der Waals surface area contributed by atoms with Gasteiger partial charge in [-0.05, 0) is 31.0 Å². The van der Waals surface area contributed by atoms with Gasteiger partial charge in [-0.15, -0.1) is 0 Å². The molecule has 1 aromatic heterocycles. The number of hydrogen-bond acceptors (Lipinski definition) is 3. The van der Waals surface area contributed by atoms with E-state index >= 15 is 0 Å². The lowest BCUT2D eigenvalue weighted by atomic mass is 9.98. The molecule has 1 aromatic rings. The van der Waals surface area contributed by atoms with E-state index in [9.17, 15) is 4.79 Å². The number of hydrogen-bond donors (Lipinski definition) is 2. The second-order valence-electron chi connectivity index (χ2n) is 5.82. The monoisotopic (exact) mass is 295 g/mol. The van der Waals surface area contributed by atoms with Crippen LogP contribution in [0, 0.1) is 5.92 Å². The summed E-state index contributed by atoms with van der Waals surface area (Å²) < 4.78 is 6.94. The first-order valence-corrected chi connectivity index (χ1v) is 7.65. The zero-order chi connectivity index (χ0) is 15.8. The Kier molecular flexibility index (Phi) is 7.47. The van der Waals surface area contributed by atoms with Gasteiger partial charge in [-0.25, -0.2) is 0 Å². The molecule has 0 bridgehead atoms. The molecule has 1 heterocycles. The largest absolute Gasteiger partial charge is 0.383 e. The maximum Gasteiger partial charge on any atom is 0.240 e. The number of nitrogens with one attached hydrogen (secondary N) is 2. The van der Waals surface area contributed by atoms with Crippen molar-refractivity contribution in [2.75, 3.05) is 20.3 Å². The molecule has 0 saturated heterocycles. The Morgan fingerprint density at radius 1 is 1.38 bits per heavy atom. The third-order valence-electron chi connectivity index (χ3n) is 3.37. The summed E-state index contributed by atoms with van der Waals surface area (Å²) in [6.45, 7) is 10.2. The second-order valence-corrected chi connectivity index (χ2v) is 5.82. The fourth-order valence-electron chi connectivity index (χ4n) is 2.48. The second kappa shape index (κ2) is 8.85. The number of amides is 1. The Morgan fingerprint density at radius 2 is 2.10 bits per heavy atom. The van der Waals surface area contributed by atoms with E-state index in [-0.39, 0.29) is 11.9 Å². The number of carbonyl (C=O) groups excluding carboxylic acids is 1. The molecule has 0 aliphatic heterocycles. The highest BCUT2D eigenvalue weighted by molar-refractivity contribution is 5.76. The average molecular weight is 295 g/mol. The molecular weight excluding hydrogens is 266 g/mol. The van der Waals surface area contributed by atoms with Gasteiger partial charge in [0, 0.05) is 31.6 Å². The van der Waals surface area contributed by atoms with E-state index in [2.05, 4.69) is 37.5 Å². The van der Waals surface area contributed by atoms with Crippen molar-refractivity contribution in [3.63, 3.8) is 0 Å². The van der Waals surface area contributed by atoms with Gasteiger partial charge in [0.25, 0.3) is 0 Å². The molecule has 1 rings (SSSR count). The third-order valence-corrected chi connectivity index (χ3v) is 3.37. The Labute approximate surface area is 128 Å². The van der Waals surface area contributed by atoms with Crippen LogP contribution in [0.1, 0.15) is 39.3 Å². The highest BCUT2D eigenvalue weighted by Gasteiger charge is 2.16. The lowest BCUT2D eigenvalue weighted by Gasteiger charge is -2.20. The van der Waals surface area contributed by atoms with Crippen LogP contribution in [0.3, 0.4) is 0 Å². The lowest BCUT2D eigenvalue weighted by molar-refractivity contribution is -0.122. The minimum absolute atomic E-state index is 0.00578. The first-order valence-electron chi connectivity index (χ1n) is 7.65. The number of nitrogens with zero attached hydrogens (tertiary/aromatic N) is 1. The van der Waals surface area contributed by atoms with E-state index in [1.165, 1.54) is 5.56 Å². The molecule has 0 fully saturated rings. The molecule has 0 aliphatic carbocycles. The van der Waals surface area contributed by atoms with E-state index in [0.29, 0.717) is 25.1 Å². The summed E-state index contributed by atoms with van der Waals surface area (Å²) in [6.07, 6.45) is 4.01. The predicted molar refractivity (Wildman–Crippen MR) is 85.2 cm³/mol. The molecule has 2 unspecified atom stereocenters. The summed E-state index contributed by atoms with van der Waals surface area (Å²) in [6, 6.07) is 2.44. The predicted octanol–water partition coefficient (Wildman–Crippen LogP) is 1.95. The van der Waals surface area contributed by atoms with Crippen LogP contribution in [0.4, 0.5) is 0 Å². The summed E-state index contributed by atoms with van der Waals surface area (Å²) in [5, 5.41) is 6.40. The average Bonchev–Trinajstić information content (AvgIpc) is 2.83. The lowest BCUT2D eigenvalue weighted by Crippen LogP contribution is -2.37. The Hall–Kier alpha value is -1.33. The van der Waals surface area contributed by atoms with Crippen LogP contribution in [-0.2, 0) is 16.1 Å². The van der Waals surface area contributed by atoms with Crippen LogP contribution in [0.15, 0.2) is 18.5 Å². The topological polar surface area (TPSA) is 55.3 Å². The van der Waals surface area contributed by atoms with Crippen LogP contribution in [-0.4, -0.2) is 36.8 Å². The first-order chi connectivity index (χ1) is 9.97. The van der Waals surface area contributed by atoms with E-state index in [1.807, 2.05) is 23.9 Å². The van der Waals surface area contributed by atoms with Gasteiger partial charge in [-0.3, -0.25) is 4.79 Å². The van der Waals surface area contributed by atoms with Crippen LogP contribution >= 0.6 is 0 Å². The van der Waals surface area contributed by atoms with Crippen LogP contribution < -0.4 is 10.6 Å². The number of aromatic nitrogens is 1.